The molecular weight excluding hydrogens is 192 g/mol. The molecule has 2 N–H and O–H groups in total. The van der Waals surface area contributed by atoms with Crippen molar-refractivity contribution in [1.29, 1.82) is 0 Å². The Morgan fingerprint density at radius 3 is 3.00 bits per heavy atom. The number of hydrogen-bond donors (Lipinski definition) is 1. The van der Waals surface area contributed by atoms with Gasteiger partial charge in [-0.05, 0) is 13.3 Å². The molecule has 2 rings (SSSR count). The van der Waals surface area contributed by atoms with Crippen molar-refractivity contribution >= 4 is 0 Å². The lowest BCUT2D eigenvalue weighted by molar-refractivity contribution is 0.207. The van der Waals surface area contributed by atoms with Crippen LogP contribution in [0.1, 0.15) is 38.0 Å². The number of rotatable bonds is 3. The molecule has 1 unspecified atom stereocenters. The van der Waals surface area contributed by atoms with Crippen molar-refractivity contribution in [3.05, 3.63) is 11.7 Å². The van der Waals surface area contributed by atoms with Crippen LogP contribution in [0.3, 0.4) is 0 Å². The average Bonchev–Trinajstić information content (AvgIpc) is 2.84. The van der Waals surface area contributed by atoms with Gasteiger partial charge in [0.2, 0.25) is 5.89 Å². The van der Waals surface area contributed by atoms with Crippen molar-refractivity contribution in [2.24, 2.45) is 5.73 Å². The van der Waals surface area contributed by atoms with Crippen LogP contribution in [-0.4, -0.2) is 34.2 Å². The topological polar surface area (TPSA) is 68.2 Å². The number of hydrogen-bond acceptors (Lipinski definition) is 5. The van der Waals surface area contributed by atoms with Gasteiger partial charge in [-0.25, -0.2) is 0 Å². The summed E-state index contributed by atoms with van der Waals surface area (Å²) < 4.78 is 5.22. The van der Waals surface area contributed by atoms with Gasteiger partial charge >= 0.3 is 0 Å². The molecule has 0 radical (unpaired) electrons. The van der Waals surface area contributed by atoms with Gasteiger partial charge in [-0.3, -0.25) is 4.90 Å². The van der Waals surface area contributed by atoms with Crippen molar-refractivity contribution in [3.63, 3.8) is 0 Å². The first-order valence-electron chi connectivity index (χ1n) is 5.52. The van der Waals surface area contributed by atoms with Crippen molar-refractivity contribution in [3.8, 4) is 0 Å². The Hall–Kier alpha value is -0.940. The SMILES string of the molecule is CCc1noc(C(C)N2CC[C@@H](N)C2)n1. The third-order valence-electron chi connectivity index (χ3n) is 2.96. The van der Waals surface area contributed by atoms with Crippen LogP contribution in [0, 0.1) is 0 Å². The van der Waals surface area contributed by atoms with E-state index in [4.69, 9.17) is 10.3 Å². The third kappa shape index (κ3) is 2.18. The van der Waals surface area contributed by atoms with Crippen LogP contribution in [-0.2, 0) is 6.42 Å². The van der Waals surface area contributed by atoms with Crippen molar-refractivity contribution in [1.82, 2.24) is 15.0 Å². The van der Waals surface area contributed by atoms with Gasteiger partial charge in [0.15, 0.2) is 5.82 Å². The van der Waals surface area contributed by atoms with Crippen LogP contribution in [0.2, 0.25) is 0 Å². The second-order valence-corrected chi connectivity index (χ2v) is 4.12. The maximum absolute atomic E-state index is 5.86. The molecule has 1 aliphatic heterocycles. The maximum Gasteiger partial charge on any atom is 0.243 e. The first-order valence-corrected chi connectivity index (χ1v) is 5.52. The van der Waals surface area contributed by atoms with E-state index in [9.17, 15) is 0 Å². The predicted molar refractivity (Wildman–Crippen MR) is 56.3 cm³/mol. The quantitative estimate of drug-likeness (QED) is 0.796. The van der Waals surface area contributed by atoms with Gasteiger partial charge in [-0.2, -0.15) is 4.98 Å². The summed E-state index contributed by atoms with van der Waals surface area (Å²) >= 11 is 0. The fraction of sp³-hybridized carbons (Fsp3) is 0.800. The molecule has 5 heteroatoms. The van der Waals surface area contributed by atoms with Gasteiger partial charge in [0.1, 0.15) is 0 Å². The van der Waals surface area contributed by atoms with Crippen LogP contribution >= 0.6 is 0 Å². The van der Waals surface area contributed by atoms with Crippen LogP contribution < -0.4 is 5.73 Å². The molecule has 2 atom stereocenters. The minimum atomic E-state index is 0.186. The van der Waals surface area contributed by atoms with Crippen molar-refractivity contribution in [2.45, 2.75) is 38.8 Å². The number of nitrogens with zero attached hydrogens (tertiary/aromatic N) is 3. The van der Waals surface area contributed by atoms with Crippen LogP contribution in [0.25, 0.3) is 0 Å². The Bertz CT molecular complexity index is 325. The normalized spacial score (nSPS) is 24.6. The lowest BCUT2D eigenvalue weighted by atomic mass is 10.3. The molecule has 0 aromatic carbocycles. The van der Waals surface area contributed by atoms with Crippen LogP contribution in [0.4, 0.5) is 0 Å². The monoisotopic (exact) mass is 210 g/mol. The smallest absolute Gasteiger partial charge is 0.243 e. The molecule has 0 spiro atoms. The molecule has 1 aliphatic rings. The van der Waals surface area contributed by atoms with E-state index in [2.05, 4.69) is 22.0 Å². The number of likely N-dealkylation sites (tertiary alicyclic amines) is 1. The minimum Gasteiger partial charge on any atom is -0.338 e. The molecule has 1 aromatic rings. The van der Waals surface area contributed by atoms with Crippen LogP contribution in [0.15, 0.2) is 4.52 Å². The van der Waals surface area contributed by atoms with E-state index < -0.39 is 0 Å². The molecule has 1 fully saturated rings. The Balaban J connectivity index is 2.03. The highest BCUT2D eigenvalue weighted by atomic mass is 16.5. The molecule has 84 valence electrons. The highest BCUT2D eigenvalue weighted by Crippen LogP contribution is 2.22. The van der Waals surface area contributed by atoms with E-state index in [1.165, 1.54) is 0 Å². The molecule has 5 nitrogen and oxygen atoms in total. The molecule has 0 saturated carbocycles. The molecule has 0 aliphatic carbocycles. The number of nitrogens with two attached hydrogens (primary N) is 1. The summed E-state index contributed by atoms with van der Waals surface area (Å²) in [5, 5.41) is 3.90. The van der Waals surface area contributed by atoms with E-state index >= 15 is 0 Å². The Labute approximate surface area is 89.6 Å². The fourth-order valence-electron chi connectivity index (χ4n) is 1.90. The standard InChI is InChI=1S/C10H18N4O/c1-3-9-12-10(15-13-9)7(2)14-5-4-8(11)6-14/h7-8H,3-6,11H2,1-2H3/t7?,8-/m1/s1. The summed E-state index contributed by atoms with van der Waals surface area (Å²) in [6.45, 7) is 6.05. The zero-order valence-electron chi connectivity index (χ0n) is 9.31. The molecule has 1 saturated heterocycles. The Morgan fingerprint density at radius 1 is 1.67 bits per heavy atom. The zero-order valence-corrected chi connectivity index (χ0v) is 9.31. The average molecular weight is 210 g/mol. The van der Waals surface area contributed by atoms with E-state index in [0.717, 1.165) is 31.8 Å². The van der Waals surface area contributed by atoms with Gasteiger partial charge in [0.05, 0.1) is 6.04 Å². The second kappa shape index (κ2) is 4.28. The number of aryl methyl sites for hydroxylation is 1. The minimum absolute atomic E-state index is 0.186. The fourth-order valence-corrected chi connectivity index (χ4v) is 1.90. The van der Waals surface area contributed by atoms with Gasteiger partial charge in [0, 0.05) is 25.6 Å². The summed E-state index contributed by atoms with van der Waals surface area (Å²) in [5.41, 5.74) is 5.86. The van der Waals surface area contributed by atoms with Gasteiger partial charge < -0.3 is 10.3 Å². The van der Waals surface area contributed by atoms with E-state index in [0.29, 0.717) is 11.9 Å². The highest BCUT2D eigenvalue weighted by Gasteiger charge is 2.27. The highest BCUT2D eigenvalue weighted by molar-refractivity contribution is 4.94. The van der Waals surface area contributed by atoms with E-state index in [1.807, 2.05) is 6.92 Å². The maximum atomic E-state index is 5.86. The lowest BCUT2D eigenvalue weighted by Crippen LogP contribution is -2.29. The molecule has 0 amide bonds. The molecule has 2 heterocycles. The summed E-state index contributed by atoms with van der Waals surface area (Å²) in [4.78, 5) is 6.63. The number of aromatic nitrogens is 2. The van der Waals surface area contributed by atoms with E-state index in [-0.39, 0.29) is 6.04 Å². The first-order chi connectivity index (χ1) is 7.20. The molecular formula is C10H18N4O. The summed E-state index contributed by atoms with van der Waals surface area (Å²) in [7, 11) is 0. The second-order valence-electron chi connectivity index (χ2n) is 4.12. The lowest BCUT2D eigenvalue weighted by Gasteiger charge is -2.20. The van der Waals surface area contributed by atoms with Gasteiger partial charge in [0.25, 0.3) is 0 Å². The summed E-state index contributed by atoms with van der Waals surface area (Å²) in [6.07, 6.45) is 1.87. The molecule has 15 heavy (non-hydrogen) atoms. The Morgan fingerprint density at radius 2 is 2.47 bits per heavy atom. The molecule has 1 aromatic heterocycles. The predicted octanol–water partition coefficient (Wildman–Crippen LogP) is 0.726. The van der Waals surface area contributed by atoms with Gasteiger partial charge in [-0.15, -0.1) is 0 Å². The third-order valence-corrected chi connectivity index (χ3v) is 2.96. The van der Waals surface area contributed by atoms with E-state index in [1.54, 1.807) is 0 Å². The first kappa shape index (κ1) is 10.6. The summed E-state index contributed by atoms with van der Waals surface area (Å²) in [6, 6.07) is 0.479. The van der Waals surface area contributed by atoms with Crippen molar-refractivity contribution < 1.29 is 4.52 Å². The molecule has 0 bridgehead atoms. The largest absolute Gasteiger partial charge is 0.338 e. The van der Waals surface area contributed by atoms with Crippen LogP contribution in [0.5, 0.6) is 0 Å². The summed E-state index contributed by atoms with van der Waals surface area (Å²) in [5.74, 6) is 1.49. The zero-order chi connectivity index (χ0) is 10.8. The Kier molecular flexibility index (Phi) is 3.02. The van der Waals surface area contributed by atoms with Crippen molar-refractivity contribution in [2.75, 3.05) is 13.1 Å². The van der Waals surface area contributed by atoms with Gasteiger partial charge in [-0.1, -0.05) is 12.1 Å².